The van der Waals surface area contributed by atoms with E-state index < -0.39 is 4.92 Å². The molecule has 1 aromatic rings. The van der Waals surface area contributed by atoms with E-state index in [0.29, 0.717) is 0 Å². The van der Waals surface area contributed by atoms with Gasteiger partial charge in [-0.05, 0) is 4.92 Å². The normalized spacial score (nSPS) is 8.00. The third-order valence-electron chi connectivity index (χ3n) is 0.657. The van der Waals surface area contributed by atoms with Crippen molar-refractivity contribution >= 4 is 5.95 Å². The molecule has 0 aliphatic carbocycles. The summed E-state index contributed by atoms with van der Waals surface area (Å²) in [5, 5.41) is 9.77. The average Bonchev–Trinajstić information content (AvgIpc) is 2.12. The Labute approximate surface area is 51.9 Å². The highest BCUT2D eigenvalue weighted by atomic mass is 16.6. The largest absolute Gasteiger partial charge is 0.432 e. The van der Waals surface area contributed by atoms with Crippen molar-refractivity contribution in [3.8, 4) is 0 Å². The van der Waals surface area contributed by atoms with Gasteiger partial charge in [0.05, 0.1) is 6.20 Å². The molecule has 0 aromatic carbocycles. The summed E-state index contributed by atoms with van der Waals surface area (Å²) in [6.07, 6.45) is 2.73. The van der Waals surface area contributed by atoms with Crippen LogP contribution < -0.4 is 0 Å². The maximum atomic E-state index is 9.77. The number of aromatic amines is 1. The molecule has 50 valence electrons. The summed E-state index contributed by atoms with van der Waals surface area (Å²) < 4.78 is 0. The summed E-state index contributed by atoms with van der Waals surface area (Å²) in [6, 6.07) is 0. The molecule has 1 heterocycles. The summed E-state index contributed by atoms with van der Waals surface area (Å²) in [5.74, 6) is -0.218. The van der Waals surface area contributed by atoms with Crippen molar-refractivity contribution in [1.29, 1.82) is 0 Å². The van der Waals surface area contributed by atoms with Crippen LogP contribution in [0.5, 0.6) is 0 Å². The molecule has 0 spiro atoms. The monoisotopic (exact) mass is 129 g/mol. The van der Waals surface area contributed by atoms with E-state index in [2.05, 4.69) is 9.97 Å². The first-order valence-electron chi connectivity index (χ1n) is 1.94. The van der Waals surface area contributed by atoms with E-state index in [0.717, 1.165) is 0 Å². The molecule has 0 aliphatic rings. The van der Waals surface area contributed by atoms with E-state index in [-0.39, 0.29) is 13.4 Å². The van der Waals surface area contributed by atoms with E-state index in [1.165, 1.54) is 12.4 Å². The molecule has 0 amide bonds. The fraction of sp³-hybridized carbons (Fsp3) is 0.250. The van der Waals surface area contributed by atoms with E-state index in [1.807, 2.05) is 0 Å². The maximum Gasteiger partial charge on any atom is 0.432 e. The minimum atomic E-state index is -0.583. The zero-order valence-electron chi connectivity index (χ0n) is 3.87. The second-order valence-corrected chi connectivity index (χ2v) is 1.17. The molecule has 0 unspecified atom stereocenters. The molecule has 0 saturated carbocycles. The molecule has 5 nitrogen and oxygen atoms in total. The molecule has 5 heteroatoms. The van der Waals surface area contributed by atoms with Crippen LogP contribution in [-0.4, -0.2) is 14.9 Å². The van der Waals surface area contributed by atoms with Gasteiger partial charge in [-0.25, -0.2) is 4.98 Å². The van der Waals surface area contributed by atoms with Crippen molar-refractivity contribution in [2.45, 2.75) is 7.43 Å². The minimum absolute atomic E-state index is 0. The Morgan fingerprint density at radius 3 is 2.67 bits per heavy atom. The van der Waals surface area contributed by atoms with Crippen LogP contribution in [0.4, 0.5) is 5.95 Å². The lowest BCUT2D eigenvalue weighted by Crippen LogP contribution is -1.88. The quantitative estimate of drug-likeness (QED) is 0.453. The van der Waals surface area contributed by atoms with E-state index in [9.17, 15) is 10.1 Å². The Balaban J connectivity index is 0.000000640. The van der Waals surface area contributed by atoms with Crippen LogP contribution in [0.25, 0.3) is 0 Å². The number of aromatic nitrogens is 2. The van der Waals surface area contributed by atoms with Gasteiger partial charge in [0.1, 0.15) is 6.20 Å². The molecule has 0 fully saturated rings. The standard InChI is InChI=1S/C3H3N3O2.CH4/c7-6(8)3-4-1-2-5-3;/h1-2H,(H,4,5);1H4. The predicted molar refractivity (Wildman–Crippen MR) is 32.0 cm³/mol. The van der Waals surface area contributed by atoms with E-state index >= 15 is 0 Å². The second kappa shape index (κ2) is 2.81. The van der Waals surface area contributed by atoms with Gasteiger partial charge >= 0.3 is 5.95 Å². The van der Waals surface area contributed by atoms with Gasteiger partial charge in [0.25, 0.3) is 0 Å². The van der Waals surface area contributed by atoms with Gasteiger partial charge < -0.3 is 10.1 Å². The third-order valence-corrected chi connectivity index (χ3v) is 0.657. The van der Waals surface area contributed by atoms with Gasteiger partial charge in [0.15, 0.2) is 0 Å². The summed E-state index contributed by atoms with van der Waals surface area (Å²) in [6.45, 7) is 0. The number of nitrogens with zero attached hydrogens (tertiary/aromatic N) is 2. The van der Waals surface area contributed by atoms with Crippen LogP contribution in [0.15, 0.2) is 12.4 Å². The van der Waals surface area contributed by atoms with Crippen LogP contribution in [0.1, 0.15) is 7.43 Å². The molecule has 0 aliphatic heterocycles. The molecular weight excluding hydrogens is 122 g/mol. The van der Waals surface area contributed by atoms with Crippen molar-refractivity contribution in [1.82, 2.24) is 9.97 Å². The minimum Gasteiger partial charge on any atom is -0.390 e. The van der Waals surface area contributed by atoms with Crippen molar-refractivity contribution in [3.63, 3.8) is 0 Å². The highest BCUT2D eigenvalue weighted by Crippen LogP contribution is 1.96. The lowest BCUT2D eigenvalue weighted by molar-refractivity contribution is -0.393. The van der Waals surface area contributed by atoms with Gasteiger partial charge in [0.2, 0.25) is 0 Å². The average molecular weight is 129 g/mol. The van der Waals surface area contributed by atoms with E-state index in [4.69, 9.17) is 0 Å². The summed E-state index contributed by atoms with van der Waals surface area (Å²) in [7, 11) is 0. The number of rotatable bonds is 1. The third kappa shape index (κ3) is 1.52. The molecule has 0 atom stereocenters. The van der Waals surface area contributed by atoms with E-state index in [1.54, 1.807) is 0 Å². The number of hydrogen-bond donors (Lipinski definition) is 1. The smallest absolute Gasteiger partial charge is 0.390 e. The second-order valence-electron chi connectivity index (χ2n) is 1.17. The Hall–Kier alpha value is -1.39. The number of imidazole rings is 1. The molecular formula is C4H7N3O2. The molecule has 0 radical (unpaired) electrons. The highest BCUT2D eigenvalue weighted by molar-refractivity contribution is 5.00. The maximum absolute atomic E-state index is 9.77. The Bertz CT molecular complexity index is 182. The summed E-state index contributed by atoms with van der Waals surface area (Å²) in [4.78, 5) is 14.9. The summed E-state index contributed by atoms with van der Waals surface area (Å²) in [5.41, 5.74) is 0. The molecule has 0 bridgehead atoms. The van der Waals surface area contributed by atoms with Gasteiger partial charge in [-0.1, -0.05) is 12.4 Å². The number of H-pyrrole nitrogens is 1. The van der Waals surface area contributed by atoms with Gasteiger partial charge in [0, 0.05) is 0 Å². The van der Waals surface area contributed by atoms with Gasteiger partial charge in [-0.3, -0.25) is 0 Å². The van der Waals surface area contributed by atoms with Crippen molar-refractivity contribution in [3.05, 3.63) is 22.5 Å². The highest BCUT2D eigenvalue weighted by Gasteiger charge is 2.01. The number of hydrogen-bond acceptors (Lipinski definition) is 3. The summed E-state index contributed by atoms with van der Waals surface area (Å²) >= 11 is 0. The van der Waals surface area contributed by atoms with Crippen molar-refractivity contribution in [2.75, 3.05) is 0 Å². The Kier molecular flexibility index (Phi) is 2.37. The topological polar surface area (TPSA) is 71.8 Å². The van der Waals surface area contributed by atoms with Gasteiger partial charge in [-0.2, -0.15) is 0 Å². The van der Waals surface area contributed by atoms with Crippen LogP contribution in [0.3, 0.4) is 0 Å². The Morgan fingerprint density at radius 1 is 1.78 bits per heavy atom. The van der Waals surface area contributed by atoms with Crippen LogP contribution in [-0.2, 0) is 0 Å². The molecule has 1 N–H and O–H groups in total. The first-order chi connectivity index (χ1) is 3.80. The zero-order valence-corrected chi connectivity index (χ0v) is 3.87. The fourth-order valence-electron chi connectivity index (χ4n) is 0.357. The lowest BCUT2D eigenvalue weighted by Gasteiger charge is -1.83. The van der Waals surface area contributed by atoms with Gasteiger partial charge in [-0.15, -0.1) is 0 Å². The SMILES string of the molecule is C.O=[N+]([O-])c1ncc[nH]1. The molecule has 1 rings (SSSR count). The molecule has 9 heavy (non-hydrogen) atoms. The Morgan fingerprint density at radius 2 is 2.44 bits per heavy atom. The number of nitrogens with one attached hydrogen (secondary N) is 1. The van der Waals surface area contributed by atoms with Crippen LogP contribution >= 0.6 is 0 Å². The predicted octanol–water partition coefficient (Wildman–Crippen LogP) is 0.954. The van der Waals surface area contributed by atoms with Crippen LogP contribution in [0, 0.1) is 10.1 Å². The fourth-order valence-corrected chi connectivity index (χ4v) is 0.357. The van der Waals surface area contributed by atoms with Crippen molar-refractivity contribution in [2.24, 2.45) is 0 Å². The number of nitro groups is 1. The van der Waals surface area contributed by atoms with Crippen molar-refractivity contribution < 1.29 is 4.92 Å². The van der Waals surface area contributed by atoms with Crippen LogP contribution in [0.2, 0.25) is 0 Å². The molecule has 1 aromatic heterocycles. The first kappa shape index (κ1) is 7.61. The lowest BCUT2D eigenvalue weighted by atomic mass is 11.0. The first-order valence-corrected chi connectivity index (χ1v) is 1.94. The zero-order chi connectivity index (χ0) is 5.98. The molecule has 0 saturated heterocycles.